The average Bonchev–Trinajstić information content (AvgIpc) is 3.37. The summed E-state index contributed by atoms with van der Waals surface area (Å²) in [5.74, 6) is 0.140. The van der Waals surface area contributed by atoms with Crippen molar-refractivity contribution in [2.24, 2.45) is 0 Å². The van der Waals surface area contributed by atoms with Gasteiger partial charge in [-0.1, -0.05) is 126 Å². The van der Waals surface area contributed by atoms with Gasteiger partial charge in [0.25, 0.3) is 8.32 Å². The maximum Gasteiger partial charge on any atom is 0.261 e. The van der Waals surface area contributed by atoms with E-state index in [-0.39, 0.29) is 34.5 Å². The van der Waals surface area contributed by atoms with Gasteiger partial charge in [-0.15, -0.1) is 0 Å². The van der Waals surface area contributed by atoms with E-state index in [4.69, 9.17) is 27.8 Å². The molecule has 4 atom stereocenters. The van der Waals surface area contributed by atoms with Crippen molar-refractivity contribution in [3.8, 4) is 5.75 Å². The highest BCUT2D eigenvalue weighted by atomic mass is 28.4. The van der Waals surface area contributed by atoms with Crippen molar-refractivity contribution in [2.45, 2.75) is 135 Å². The van der Waals surface area contributed by atoms with Crippen LogP contribution in [0.15, 0.2) is 97.1 Å². The Hall–Kier alpha value is -2.57. The monoisotopic (exact) mass is 732 g/mol. The molecule has 0 radical (unpaired) electrons. The summed E-state index contributed by atoms with van der Waals surface area (Å²) >= 11 is 0. The molecule has 0 bridgehead atoms. The molecule has 0 aliphatic carbocycles. The van der Waals surface area contributed by atoms with Gasteiger partial charge in [-0.3, -0.25) is 0 Å². The summed E-state index contributed by atoms with van der Waals surface area (Å²) in [6, 6.07) is 29.7. The SMILES string of the molecule is COc1ccc(CO[C@H](C)C[C@@H](/C=C/[C@H]2OC(C)(C)O[C@@H]2CCO[Si](C)(C)C(C)(C)C)O[Si](c2ccccc2)(c2ccccc2)C(C)(C)C)cc1. The summed E-state index contributed by atoms with van der Waals surface area (Å²) in [6.07, 6.45) is 5.13. The number of hydrogen-bond acceptors (Lipinski definition) is 6. The minimum atomic E-state index is -2.87. The lowest BCUT2D eigenvalue weighted by atomic mass is 10.1. The Labute approximate surface area is 311 Å². The van der Waals surface area contributed by atoms with Crippen molar-refractivity contribution in [2.75, 3.05) is 13.7 Å². The molecule has 6 nitrogen and oxygen atoms in total. The van der Waals surface area contributed by atoms with E-state index in [1.165, 1.54) is 10.4 Å². The zero-order valence-corrected chi connectivity index (χ0v) is 35.3. The van der Waals surface area contributed by atoms with Crippen LogP contribution in [0.25, 0.3) is 0 Å². The molecule has 0 aromatic heterocycles. The van der Waals surface area contributed by atoms with Crippen molar-refractivity contribution in [3.05, 3.63) is 103 Å². The molecule has 0 amide bonds. The third-order valence-electron chi connectivity index (χ3n) is 10.4. The first-order valence-corrected chi connectivity index (χ1v) is 23.4. The Morgan fingerprint density at radius 3 is 1.88 bits per heavy atom. The summed E-state index contributed by atoms with van der Waals surface area (Å²) < 4.78 is 39.1. The summed E-state index contributed by atoms with van der Waals surface area (Å²) in [4.78, 5) is 0. The Bertz CT molecular complexity index is 1470. The van der Waals surface area contributed by atoms with Crippen LogP contribution in [0.5, 0.6) is 5.75 Å². The first-order valence-electron chi connectivity index (χ1n) is 18.6. The van der Waals surface area contributed by atoms with Crippen LogP contribution in [0.1, 0.15) is 80.7 Å². The number of ether oxygens (including phenoxy) is 4. The highest BCUT2D eigenvalue weighted by Crippen LogP contribution is 2.40. The summed E-state index contributed by atoms with van der Waals surface area (Å²) in [7, 11) is -3.07. The fourth-order valence-electron chi connectivity index (χ4n) is 6.57. The van der Waals surface area contributed by atoms with Gasteiger partial charge in [0.05, 0.1) is 32.0 Å². The van der Waals surface area contributed by atoms with Gasteiger partial charge in [0, 0.05) is 13.0 Å². The number of hydrogen-bond donors (Lipinski definition) is 0. The van der Waals surface area contributed by atoms with Gasteiger partial charge in [-0.05, 0) is 78.4 Å². The largest absolute Gasteiger partial charge is 0.497 e. The fraction of sp³-hybridized carbons (Fsp3) is 0.535. The molecule has 1 heterocycles. The highest BCUT2D eigenvalue weighted by molar-refractivity contribution is 6.99. The van der Waals surface area contributed by atoms with Crippen molar-refractivity contribution >= 4 is 27.0 Å². The average molecular weight is 733 g/mol. The van der Waals surface area contributed by atoms with Crippen molar-refractivity contribution in [1.82, 2.24) is 0 Å². The zero-order chi connectivity index (χ0) is 37.5. The van der Waals surface area contributed by atoms with E-state index >= 15 is 0 Å². The van der Waals surface area contributed by atoms with Crippen LogP contribution in [0.3, 0.4) is 0 Å². The van der Waals surface area contributed by atoms with Gasteiger partial charge in [0.1, 0.15) is 11.9 Å². The van der Waals surface area contributed by atoms with E-state index in [1.807, 2.05) is 26.0 Å². The molecule has 0 spiro atoms. The quantitative estimate of drug-likeness (QED) is 0.108. The Morgan fingerprint density at radius 2 is 1.37 bits per heavy atom. The van der Waals surface area contributed by atoms with Crippen LogP contribution >= 0.6 is 0 Å². The van der Waals surface area contributed by atoms with Gasteiger partial charge >= 0.3 is 0 Å². The minimum absolute atomic E-state index is 0.0778. The second-order valence-electron chi connectivity index (χ2n) is 16.9. The molecule has 1 aliphatic heterocycles. The number of methoxy groups -OCH3 is 1. The normalized spacial score (nSPS) is 19.7. The van der Waals surface area contributed by atoms with E-state index in [0.29, 0.717) is 19.6 Å². The molecule has 8 heteroatoms. The smallest absolute Gasteiger partial charge is 0.261 e. The lowest BCUT2D eigenvalue weighted by molar-refractivity contribution is -0.144. The molecular formula is C43H64O6Si2. The Kier molecular flexibility index (Phi) is 13.8. The van der Waals surface area contributed by atoms with Crippen LogP contribution in [-0.4, -0.2) is 60.6 Å². The predicted molar refractivity (Wildman–Crippen MR) is 215 cm³/mol. The summed E-state index contributed by atoms with van der Waals surface area (Å²) in [5, 5.41) is 2.47. The van der Waals surface area contributed by atoms with Crippen LogP contribution < -0.4 is 15.1 Å². The van der Waals surface area contributed by atoms with Crippen LogP contribution in [-0.2, 0) is 29.7 Å². The van der Waals surface area contributed by atoms with Gasteiger partial charge in [-0.25, -0.2) is 0 Å². The molecule has 280 valence electrons. The fourth-order valence-corrected chi connectivity index (χ4v) is 12.3. The Balaban J connectivity index is 1.66. The van der Waals surface area contributed by atoms with E-state index in [2.05, 4.69) is 147 Å². The van der Waals surface area contributed by atoms with E-state index in [9.17, 15) is 0 Å². The maximum absolute atomic E-state index is 7.68. The molecule has 4 rings (SSSR count). The van der Waals surface area contributed by atoms with E-state index in [0.717, 1.165) is 17.7 Å². The zero-order valence-electron chi connectivity index (χ0n) is 33.3. The molecule has 0 unspecified atom stereocenters. The summed E-state index contributed by atoms with van der Waals surface area (Å²) in [5.41, 5.74) is 1.10. The molecule has 3 aromatic carbocycles. The third kappa shape index (κ3) is 10.8. The van der Waals surface area contributed by atoms with Gasteiger partial charge < -0.3 is 27.8 Å². The van der Waals surface area contributed by atoms with Crippen LogP contribution in [0.2, 0.25) is 23.2 Å². The van der Waals surface area contributed by atoms with E-state index < -0.39 is 22.4 Å². The first-order chi connectivity index (χ1) is 23.9. The third-order valence-corrected chi connectivity index (χ3v) is 20.0. The second kappa shape index (κ2) is 17.1. The molecule has 1 aliphatic rings. The van der Waals surface area contributed by atoms with Crippen molar-refractivity contribution in [1.29, 1.82) is 0 Å². The molecular weight excluding hydrogens is 669 g/mol. The Morgan fingerprint density at radius 1 is 0.804 bits per heavy atom. The van der Waals surface area contributed by atoms with E-state index in [1.54, 1.807) is 7.11 Å². The number of rotatable bonds is 16. The van der Waals surface area contributed by atoms with Crippen LogP contribution in [0, 0.1) is 0 Å². The lowest BCUT2D eigenvalue weighted by Gasteiger charge is -2.45. The molecule has 51 heavy (non-hydrogen) atoms. The highest BCUT2D eigenvalue weighted by Gasteiger charge is 2.51. The van der Waals surface area contributed by atoms with Gasteiger partial charge in [-0.2, -0.15) is 0 Å². The second-order valence-corrected chi connectivity index (χ2v) is 26.0. The topological polar surface area (TPSA) is 55.4 Å². The van der Waals surface area contributed by atoms with Gasteiger partial charge in [0.15, 0.2) is 14.1 Å². The molecule has 1 fully saturated rings. The van der Waals surface area contributed by atoms with Crippen molar-refractivity contribution < 1.29 is 27.8 Å². The molecule has 1 saturated heterocycles. The molecule has 0 N–H and O–H groups in total. The number of benzene rings is 3. The standard InChI is InChI=1S/C43H64O6Si2/c1-33(45-32-34-23-25-35(44-10)26-24-34)31-36(27-28-39-40(48-43(8,9)47-39)29-30-46-50(11,12)41(2,3)4)49-51(42(5,6)7,37-19-15-13-16-20-37)38-21-17-14-18-22-38/h13-28,33,36,39-40H,29-32H2,1-12H3/b28-27+/t33-,36-,39-,40-/m1/s1. The summed E-state index contributed by atoms with van der Waals surface area (Å²) in [6.45, 7) is 25.6. The van der Waals surface area contributed by atoms with Crippen LogP contribution in [0.4, 0.5) is 0 Å². The molecule has 3 aromatic rings. The predicted octanol–water partition coefficient (Wildman–Crippen LogP) is 9.42. The maximum atomic E-state index is 7.68. The van der Waals surface area contributed by atoms with Crippen molar-refractivity contribution in [3.63, 3.8) is 0 Å². The lowest BCUT2D eigenvalue weighted by Crippen LogP contribution is -2.67. The molecule has 0 saturated carbocycles. The first kappa shape index (κ1) is 41.2. The minimum Gasteiger partial charge on any atom is -0.497 e. The van der Waals surface area contributed by atoms with Gasteiger partial charge in [0.2, 0.25) is 0 Å².